The van der Waals surface area contributed by atoms with E-state index in [1.54, 1.807) is 0 Å². The van der Waals surface area contributed by atoms with E-state index in [9.17, 15) is 0 Å². The summed E-state index contributed by atoms with van der Waals surface area (Å²) in [5.74, 6) is 0. The molecular formula is C22H28N4O2S. The lowest BCUT2D eigenvalue weighted by Crippen LogP contribution is -2.38. The average Bonchev–Trinajstić information content (AvgIpc) is 2.80. The molecule has 0 saturated carbocycles. The smallest absolute Gasteiger partial charge is 0.171 e. The van der Waals surface area contributed by atoms with Crippen molar-refractivity contribution in [2.24, 2.45) is 0 Å². The normalized spacial score (nSPS) is 17.1. The van der Waals surface area contributed by atoms with Crippen LogP contribution in [0.1, 0.15) is 5.56 Å². The van der Waals surface area contributed by atoms with Crippen LogP contribution in [0.4, 0.5) is 17.1 Å². The molecule has 2 fully saturated rings. The van der Waals surface area contributed by atoms with Gasteiger partial charge in [-0.1, -0.05) is 30.3 Å². The number of morpholine rings is 2. The Bertz CT molecular complexity index is 806. The molecule has 29 heavy (non-hydrogen) atoms. The molecule has 2 heterocycles. The monoisotopic (exact) mass is 412 g/mol. The van der Waals surface area contributed by atoms with Crippen LogP contribution in [-0.4, -0.2) is 57.7 Å². The summed E-state index contributed by atoms with van der Waals surface area (Å²) >= 11 is 5.56. The Kier molecular flexibility index (Phi) is 6.82. The second kappa shape index (κ2) is 9.91. The van der Waals surface area contributed by atoms with Crippen LogP contribution in [0.5, 0.6) is 0 Å². The third-order valence-electron chi connectivity index (χ3n) is 5.25. The van der Waals surface area contributed by atoms with Crippen molar-refractivity contribution < 1.29 is 9.47 Å². The highest BCUT2D eigenvalue weighted by atomic mass is 32.1. The van der Waals surface area contributed by atoms with Crippen molar-refractivity contribution in [2.75, 3.05) is 67.7 Å². The lowest BCUT2D eigenvalue weighted by atomic mass is 10.2. The molecule has 6 nitrogen and oxygen atoms in total. The molecule has 0 spiro atoms. The molecule has 0 bridgehead atoms. The van der Waals surface area contributed by atoms with Gasteiger partial charge in [0.2, 0.25) is 0 Å². The molecule has 0 amide bonds. The summed E-state index contributed by atoms with van der Waals surface area (Å²) in [5, 5.41) is 7.34. The molecule has 2 N–H and O–H groups in total. The molecule has 2 aromatic rings. The number of rotatable bonds is 5. The van der Waals surface area contributed by atoms with E-state index in [1.807, 2.05) is 18.2 Å². The number of benzene rings is 2. The van der Waals surface area contributed by atoms with Crippen molar-refractivity contribution in [3.63, 3.8) is 0 Å². The van der Waals surface area contributed by atoms with Crippen LogP contribution in [0.15, 0.2) is 48.5 Å². The lowest BCUT2D eigenvalue weighted by Gasteiger charge is -2.33. The number of thiocarbonyl (C=S) groups is 1. The fourth-order valence-electron chi connectivity index (χ4n) is 3.65. The first-order valence-corrected chi connectivity index (χ1v) is 10.6. The van der Waals surface area contributed by atoms with Gasteiger partial charge >= 0.3 is 0 Å². The highest BCUT2D eigenvalue weighted by Gasteiger charge is 2.19. The van der Waals surface area contributed by atoms with Crippen molar-refractivity contribution in [3.05, 3.63) is 54.1 Å². The summed E-state index contributed by atoms with van der Waals surface area (Å²) in [7, 11) is 0. The van der Waals surface area contributed by atoms with Gasteiger partial charge < -0.3 is 29.9 Å². The second-order valence-corrected chi connectivity index (χ2v) is 7.60. The molecule has 2 aliphatic heterocycles. The Morgan fingerprint density at radius 3 is 2.21 bits per heavy atom. The van der Waals surface area contributed by atoms with Crippen molar-refractivity contribution in [3.8, 4) is 0 Å². The van der Waals surface area contributed by atoms with E-state index in [1.165, 1.54) is 16.9 Å². The van der Waals surface area contributed by atoms with Gasteiger partial charge in [-0.3, -0.25) is 0 Å². The molecule has 2 aliphatic rings. The number of ether oxygens (including phenoxy) is 2. The van der Waals surface area contributed by atoms with Crippen LogP contribution in [0.3, 0.4) is 0 Å². The zero-order chi connectivity index (χ0) is 19.9. The Morgan fingerprint density at radius 1 is 0.862 bits per heavy atom. The number of nitrogens with zero attached hydrogens (tertiary/aromatic N) is 2. The Balaban J connectivity index is 1.48. The van der Waals surface area contributed by atoms with Gasteiger partial charge in [-0.15, -0.1) is 0 Å². The summed E-state index contributed by atoms with van der Waals surface area (Å²) in [5.41, 5.74) is 4.62. The van der Waals surface area contributed by atoms with Gasteiger partial charge in [-0.2, -0.15) is 0 Å². The minimum atomic E-state index is 0.627. The number of anilines is 3. The van der Waals surface area contributed by atoms with Gasteiger partial charge in [0.25, 0.3) is 0 Å². The van der Waals surface area contributed by atoms with E-state index in [0.717, 1.165) is 58.3 Å². The van der Waals surface area contributed by atoms with Gasteiger partial charge in [-0.25, -0.2) is 0 Å². The molecule has 0 aliphatic carbocycles. The van der Waals surface area contributed by atoms with E-state index in [4.69, 9.17) is 21.7 Å². The predicted octanol–water partition coefficient (Wildman–Crippen LogP) is 2.85. The fraction of sp³-hybridized carbons (Fsp3) is 0.409. The van der Waals surface area contributed by atoms with Gasteiger partial charge in [0, 0.05) is 38.4 Å². The van der Waals surface area contributed by atoms with Crippen LogP contribution in [0.25, 0.3) is 0 Å². The van der Waals surface area contributed by atoms with Crippen LogP contribution < -0.4 is 20.4 Å². The van der Waals surface area contributed by atoms with E-state index in [2.05, 4.69) is 50.8 Å². The summed E-state index contributed by atoms with van der Waals surface area (Å²) in [6.45, 7) is 7.36. The second-order valence-electron chi connectivity index (χ2n) is 7.19. The van der Waals surface area contributed by atoms with Crippen molar-refractivity contribution in [2.45, 2.75) is 6.54 Å². The Morgan fingerprint density at radius 2 is 1.52 bits per heavy atom. The van der Waals surface area contributed by atoms with Crippen molar-refractivity contribution in [1.82, 2.24) is 5.32 Å². The predicted molar refractivity (Wildman–Crippen MR) is 122 cm³/mol. The van der Waals surface area contributed by atoms with Crippen molar-refractivity contribution >= 4 is 34.4 Å². The molecule has 7 heteroatoms. The van der Waals surface area contributed by atoms with Crippen LogP contribution in [-0.2, 0) is 16.0 Å². The first-order chi connectivity index (χ1) is 14.3. The molecule has 0 aromatic heterocycles. The van der Waals surface area contributed by atoms with Gasteiger partial charge in [-0.05, 0) is 36.0 Å². The first-order valence-electron chi connectivity index (χ1n) is 10.2. The van der Waals surface area contributed by atoms with Crippen molar-refractivity contribution in [1.29, 1.82) is 0 Å². The third-order valence-corrected chi connectivity index (χ3v) is 5.50. The average molecular weight is 413 g/mol. The summed E-state index contributed by atoms with van der Waals surface area (Å²) in [6.07, 6.45) is 0. The van der Waals surface area contributed by atoms with Gasteiger partial charge in [0.15, 0.2) is 5.11 Å². The lowest BCUT2D eigenvalue weighted by molar-refractivity contribution is 0.122. The molecule has 2 saturated heterocycles. The molecule has 0 unspecified atom stereocenters. The van der Waals surface area contributed by atoms with Gasteiger partial charge in [0.05, 0.1) is 37.8 Å². The highest BCUT2D eigenvalue weighted by molar-refractivity contribution is 7.80. The third kappa shape index (κ3) is 5.38. The minimum Gasteiger partial charge on any atom is -0.378 e. The first kappa shape index (κ1) is 19.9. The molecule has 2 aromatic carbocycles. The number of hydrogen-bond acceptors (Lipinski definition) is 5. The quantitative estimate of drug-likeness (QED) is 0.733. The topological polar surface area (TPSA) is 49.0 Å². The Labute approximate surface area is 177 Å². The molecular weight excluding hydrogens is 384 g/mol. The number of hydrogen-bond donors (Lipinski definition) is 2. The van der Waals surface area contributed by atoms with Gasteiger partial charge in [0.1, 0.15) is 0 Å². The van der Waals surface area contributed by atoms with E-state index in [0.29, 0.717) is 11.7 Å². The molecule has 0 radical (unpaired) electrons. The maximum Gasteiger partial charge on any atom is 0.171 e. The molecule has 154 valence electrons. The summed E-state index contributed by atoms with van der Waals surface area (Å²) in [6, 6.07) is 16.8. The molecule has 0 atom stereocenters. The molecule has 4 rings (SSSR count). The summed E-state index contributed by atoms with van der Waals surface area (Å²) in [4.78, 5) is 4.75. The summed E-state index contributed by atoms with van der Waals surface area (Å²) < 4.78 is 11.1. The largest absolute Gasteiger partial charge is 0.378 e. The van der Waals surface area contributed by atoms with E-state index in [-0.39, 0.29) is 0 Å². The zero-order valence-electron chi connectivity index (χ0n) is 16.6. The Hall–Kier alpha value is -2.35. The van der Waals surface area contributed by atoms with E-state index >= 15 is 0 Å². The maximum atomic E-state index is 5.56. The fourth-order valence-corrected chi connectivity index (χ4v) is 3.84. The van der Waals surface area contributed by atoms with Crippen LogP contribution in [0, 0.1) is 0 Å². The highest BCUT2D eigenvalue weighted by Crippen LogP contribution is 2.32. The maximum absolute atomic E-state index is 5.56. The van der Waals surface area contributed by atoms with Crippen LogP contribution in [0.2, 0.25) is 0 Å². The zero-order valence-corrected chi connectivity index (χ0v) is 17.4. The standard InChI is InChI=1S/C22H28N4O2S/c29-22(23-17-18-4-2-1-3-5-18)24-20-7-6-19(25-8-12-27-13-9-25)16-21(20)26-10-14-28-15-11-26/h1-7,16H,8-15,17H2,(H2,23,24,29). The van der Waals surface area contributed by atoms with E-state index < -0.39 is 0 Å². The van der Waals surface area contributed by atoms with Crippen LogP contribution >= 0.6 is 12.2 Å². The SMILES string of the molecule is S=C(NCc1ccccc1)Nc1ccc(N2CCOCC2)cc1N1CCOCC1. The minimum absolute atomic E-state index is 0.627. The number of nitrogens with one attached hydrogen (secondary N) is 2.